The highest BCUT2D eigenvalue weighted by Crippen LogP contribution is 2.24. The number of piperidine rings is 1. The van der Waals surface area contributed by atoms with Crippen molar-refractivity contribution in [3.05, 3.63) is 53.9 Å². The van der Waals surface area contributed by atoms with Gasteiger partial charge in [-0.05, 0) is 62.7 Å². The quantitative estimate of drug-likeness (QED) is 0.785. The number of urea groups is 1. The molecule has 0 unspecified atom stereocenters. The zero-order valence-electron chi connectivity index (χ0n) is 14.7. The molecule has 7 nitrogen and oxygen atoms in total. The summed E-state index contributed by atoms with van der Waals surface area (Å²) in [5.74, 6) is -0.598. The smallest absolute Gasteiger partial charge is 0.326 e. The molecule has 1 aliphatic heterocycles. The monoisotopic (exact) mass is 353 g/mol. The van der Waals surface area contributed by atoms with Crippen molar-refractivity contribution in [3.63, 3.8) is 0 Å². The maximum Gasteiger partial charge on any atom is 0.326 e. The second-order valence-corrected chi connectivity index (χ2v) is 6.42. The van der Waals surface area contributed by atoms with Crippen molar-refractivity contribution in [1.29, 1.82) is 0 Å². The molecule has 7 heteroatoms. The number of hydrogen-bond acceptors (Lipinski definition) is 4. The number of carbonyl (C=O) groups excluding carboxylic acids is 2. The molecule has 0 spiro atoms. The van der Waals surface area contributed by atoms with E-state index in [4.69, 9.17) is 5.73 Å². The van der Waals surface area contributed by atoms with Crippen LogP contribution in [0, 0.1) is 6.92 Å². The number of nitrogens with zero attached hydrogens (tertiary/aromatic N) is 2. The summed E-state index contributed by atoms with van der Waals surface area (Å²) in [5.41, 5.74) is 7.85. The third-order valence-corrected chi connectivity index (χ3v) is 4.44. The van der Waals surface area contributed by atoms with Crippen molar-refractivity contribution < 1.29 is 9.59 Å². The summed E-state index contributed by atoms with van der Waals surface area (Å²) >= 11 is 0. The molecule has 0 bridgehead atoms. The molecule has 3 amide bonds. The molecule has 1 aromatic carbocycles. The third-order valence-electron chi connectivity index (χ3n) is 4.44. The molecule has 3 rings (SSSR count). The molecule has 26 heavy (non-hydrogen) atoms. The molecule has 0 saturated carbocycles. The van der Waals surface area contributed by atoms with Crippen molar-refractivity contribution in [1.82, 2.24) is 10.3 Å². The van der Waals surface area contributed by atoms with Crippen LogP contribution in [0.3, 0.4) is 0 Å². The van der Waals surface area contributed by atoms with Crippen molar-refractivity contribution in [2.24, 2.45) is 5.73 Å². The van der Waals surface area contributed by atoms with Crippen LogP contribution >= 0.6 is 0 Å². The first-order chi connectivity index (χ1) is 12.5. The van der Waals surface area contributed by atoms with E-state index in [1.165, 1.54) is 12.3 Å². The van der Waals surface area contributed by atoms with Gasteiger partial charge in [0.25, 0.3) is 5.91 Å². The first-order valence-electron chi connectivity index (χ1n) is 8.68. The van der Waals surface area contributed by atoms with Crippen LogP contribution in [0.25, 0.3) is 0 Å². The summed E-state index contributed by atoms with van der Waals surface area (Å²) in [6.45, 7) is 3.78. The van der Waals surface area contributed by atoms with Gasteiger partial charge < -0.3 is 16.4 Å². The molecular formula is C19H23N5O2. The first-order valence-corrected chi connectivity index (χ1v) is 8.68. The SMILES string of the molecule is Cc1cccc(N(C(=O)Nc2ccc(C(N)=O)nc2)C2CCNCC2)c1. The van der Waals surface area contributed by atoms with Crippen LogP contribution in [0.15, 0.2) is 42.6 Å². The van der Waals surface area contributed by atoms with Gasteiger partial charge in [0.2, 0.25) is 0 Å². The Hall–Kier alpha value is -2.93. The molecule has 2 aromatic rings. The van der Waals surface area contributed by atoms with Gasteiger partial charge in [-0.15, -0.1) is 0 Å². The Morgan fingerprint density at radius 2 is 2.00 bits per heavy atom. The molecule has 0 radical (unpaired) electrons. The van der Waals surface area contributed by atoms with Crippen molar-refractivity contribution >= 4 is 23.3 Å². The number of carbonyl (C=O) groups is 2. The largest absolute Gasteiger partial charge is 0.364 e. The molecule has 4 N–H and O–H groups in total. The predicted molar refractivity (Wildman–Crippen MR) is 101 cm³/mol. The minimum Gasteiger partial charge on any atom is -0.364 e. The van der Waals surface area contributed by atoms with Crippen LogP contribution in [-0.2, 0) is 0 Å². The summed E-state index contributed by atoms with van der Waals surface area (Å²) in [4.78, 5) is 29.9. The van der Waals surface area contributed by atoms with Crippen LogP contribution < -0.4 is 21.3 Å². The van der Waals surface area contributed by atoms with E-state index in [9.17, 15) is 9.59 Å². The second kappa shape index (κ2) is 7.97. The number of pyridine rings is 1. The number of aryl methyl sites for hydroxylation is 1. The maximum absolute atomic E-state index is 13.0. The van der Waals surface area contributed by atoms with Gasteiger partial charge in [0, 0.05) is 11.7 Å². The lowest BCUT2D eigenvalue weighted by molar-refractivity contribution is 0.0995. The van der Waals surface area contributed by atoms with Gasteiger partial charge in [-0.25, -0.2) is 9.78 Å². The molecule has 1 saturated heterocycles. The Labute approximate surface area is 152 Å². The molecule has 0 aliphatic carbocycles. The number of primary amides is 1. The molecule has 1 fully saturated rings. The van der Waals surface area contributed by atoms with Crippen LogP contribution in [0.2, 0.25) is 0 Å². The Bertz CT molecular complexity index is 785. The minimum atomic E-state index is -0.598. The Morgan fingerprint density at radius 1 is 1.23 bits per heavy atom. The topological polar surface area (TPSA) is 100 Å². The Balaban J connectivity index is 1.83. The molecule has 1 aromatic heterocycles. The summed E-state index contributed by atoms with van der Waals surface area (Å²) in [7, 11) is 0. The number of nitrogens with two attached hydrogens (primary N) is 1. The molecule has 136 valence electrons. The minimum absolute atomic E-state index is 0.121. The van der Waals surface area contributed by atoms with Gasteiger partial charge in [0.1, 0.15) is 5.69 Å². The van der Waals surface area contributed by atoms with Gasteiger partial charge in [-0.3, -0.25) is 9.69 Å². The number of amides is 3. The van der Waals surface area contributed by atoms with E-state index in [1.54, 1.807) is 6.07 Å². The van der Waals surface area contributed by atoms with Gasteiger partial charge >= 0.3 is 6.03 Å². The predicted octanol–water partition coefficient (Wildman–Crippen LogP) is 2.28. The lowest BCUT2D eigenvalue weighted by Gasteiger charge is -2.34. The van der Waals surface area contributed by atoms with Gasteiger partial charge in [-0.2, -0.15) is 0 Å². The number of nitrogens with one attached hydrogen (secondary N) is 2. The maximum atomic E-state index is 13.0. The fourth-order valence-corrected chi connectivity index (χ4v) is 3.13. The lowest BCUT2D eigenvalue weighted by atomic mass is 10.0. The summed E-state index contributed by atoms with van der Waals surface area (Å²) in [5, 5.41) is 6.20. The number of benzene rings is 1. The standard InChI is InChI=1S/C19H23N5O2/c1-13-3-2-4-16(11-13)24(15-7-9-21-10-8-15)19(26)23-14-5-6-17(18(20)25)22-12-14/h2-6,11-12,15,21H,7-10H2,1H3,(H2,20,25)(H,23,26). The first kappa shape index (κ1) is 17.9. The van der Waals surface area contributed by atoms with E-state index in [0.29, 0.717) is 5.69 Å². The van der Waals surface area contributed by atoms with Crippen LogP contribution in [0.4, 0.5) is 16.2 Å². The van der Waals surface area contributed by atoms with E-state index in [0.717, 1.165) is 37.2 Å². The fraction of sp³-hybridized carbons (Fsp3) is 0.316. The van der Waals surface area contributed by atoms with Crippen LogP contribution in [0.5, 0.6) is 0 Å². The van der Waals surface area contributed by atoms with E-state index in [-0.39, 0.29) is 17.8 Å². The molecule has 2 heterocycles. The summed E-state index contributed by atoms with van der Waals surface area (Å²) < 4.78 is 0. The number of anilines is 2. The van der Waals surface area contributed by atoms with Crippen molar-refractivity contribution in [2.45, 2.75) is 25.8 Å². The van der Waals surface area contributed by atoms with E-state index in [2.05, 4.69) is 15.6 Å². The van der Waals surface area contributed by atoms with Crippen LogP contribution in [-0.4, -0.2) is 36.1 Å². The van der Waals surface area contributed by atoms with E-state index in [1.807, 2.05) is 36.1 Å². The molecular weight excluding hydrogens is 330 g/mol. The van der Waals surface area contributed by atoms with Gasteiger partial charge in [0.05, 0.1) is 11.9 Å². The zero-order valence-corrected chi connectivity index (χ0v) is 14.7. The number of hydrogen-bond donors (Lipinski definition) is 3. The summed E-state index contributed by atoms with van der Waals surface area (Å²) in [6.07, 6.45) is 3.22. The fourth-order valence-electron chi connectivity index (χ4n) is 3.13. The Morgan fingerprint density at radius 3 is 2.62 bits per heavy atom. The van der Waals surface area contributed by atoms with Crippen molar-refractivity contribution in [2.75, 3.05) is 23.3 Å². The highest BCUT2D eigenvalue weighted by atomic mass is 16.2. The van der Waals surface area contributed by atoms with Gasteiger partial charge in [-0.1, -0.05) is 12.1 Å². The molecule has 0 atom stereocenters. The number of rotatable bonds is 4. The van der Waals surface area contributed by atoms with E-state index < -0.39 is 5.91 Å². The Kier molecular flexibility index (Phi) is 5.48. The van der Waals surface area contributed by atoms with Crippen LogP contribution in [0.1, 0.15) is 28.9 Å². The second-order valence-electron chi connectivity index (χ2n) is 6.42. The zero-order chi connectivity index (χ0) is 18.5. The lowest BCUT2D eigenvalue weighted by Crippen LogP contribution is -2.48. The summed E-state index contributed by atoms with van der Waals surface area (Å²) in [6, 6.07) is 11.0. The highest BCUT2D eigenvalue weighted by molar-refractivity contribution is 6.02. The third kappa shape index (κ3) is 4.18. The number of aromatic nitrogens is 1. The average molecular weight is 353 g/mol. The average Bonchev–Trinajstić information content (AvgIpc) is 2.63. The highest BCUT2D eigenvalue weighted by Gasteiger charge is 2.27. The van der Waals surface area contributed by atoms with Gasteiger partial charge in [0.15, 0.2) is 0 Å². The molecule has 1 aliphatic rings. The normalized spacial score (nSPS) is 14.7. The van der Waals surface area contributed by atoms with Crippen molar-refractivity contribution in [3.8, 4) is 0 Å². The van der Waals surface area contributed by atoms with E-state index >= 15 is 0 Å².